The lowest BCUT2D eigenvalue weighted by molar-refractivity contribution is 1.49. The molecule has 1 heteroatoms. The fourth-order valence-electron chi connectivity index (χ4n) is 2.42. The number of benzene rings is 3. The van der Waals surface area contributed by atoms with Crippen molar-refractivity contribution in [1.29, 1.82) is 0 Å². The third-order valence-electron chi connectivity index (χ3n) is 3.66. The van der Waals surface area contributed by atoms with Crippen molar-refractivity contribution in [2.75, 3.05) is 0 Å². The van der Waals surface area contributed by atoms with Gasteiger partial charge in [0.1, 0.15) is 0 Å². The molecule has 0 fully saturated rings. The van der Waals surface area contributed by atoms with Crippen LogP contribution in [0, 0.1) is 0 Å². The molecule has 0 N–H and O–H groups in total. The second-order valence-electron chi connectivity index (χ2n) is 5.39. The molecule has 0 aromatic heterocycles. The summed E-state index contributed by atoms with van der Waals surface area (Å²) >= 11 is 0. The van der Waals surface area contributed by atoms with Gasteiger partial charge in [-0.3, -0.25) is 0 Å². The minimum absolute atomic E-state index is 0.962. The second-order valence-corrected chi connectivity index (χ2v) is 5.39. The second kappa shape index (κ2) is 7.37. The van der Waals surface area contributed by atoms with Gasteiger partial charge in [0.05, 0.1) is 11.4 Å². The van der Waals surface area contributed by atoms with E-state index in [9.17, 15) is 0 Å². The van der Waals surface area contributed by atoms with E-state index < -0.39 is 0 Å². The summed E-state index contributed by atoms with van der Waals surface area (Å²) in [5, 5.41) is 0. The number of aliphatic imine (C=N–C) groups is 1. The molecule has 0 atom stereocenters. The standard InChI is InChI=1S/C22H19N/c1-18(19-11-5-2-6-12-19)17-22(20-13-7-3-8-14-20)23-21-15-9-4-10-16-21/h2-17H,1H3/b18-17-,23-22?. The third-order valence-corrected chi connectivity index (χ3v) is 3.66. The Kier molecular flexibility index (Phi) is 4.80. The summed E-state index contributed by atoms with van der Waals surface area (Å²) < 4.78 is 0. The zero-order chi connectivity index (χ0) is 15.9. The molecule has 0 bridgehead atoms. The third kappa shape index (κ3) is 4.04. The van der Waals surface area contributed by atoms with Crippen molar-refractivity contribution in [2.24, 2.45) is 4.99 Å². The van der Waals surface area contributed by atoms with Crippen LogP contribution in [-0.2, 0) is 0 Å². The highest BCUT2D eigenvalue weighted by atomic mass is 14.7. The minimum Gasteiger partial charge on any atom is -0.248 e. The molecule has 0 amide bonds. The highest BCUT2D eigenvalue weighted by molar-refractivity contribution is 6.13. The van der Waals surface area contributed by atoms with Crippen LogP contribution in [0.2, 0.25) is 0 Å². The van der Waals surface area contributed by atoms with E-state index in [2.05, 4.69) is 49.4 Å². The van der Waals surface area contributed by atoms with Crippen LogP contribution in [0.25, 0.3) is 5.57 Å². The molecule has 0 aliphatic carbocycles. The molecule has 3 aromatic rings. The van der Waals surface area contributed by atoms with Crippen molar-refractivity contribution < 1.29 is 0 Å². The molecule has 0 unspecified atom stereocenters. The van der Waals surface area contributed by atoms with Crippen molar-refractivity contribution >= 4 is 17.0 Å². The van der Waals surface area contributed by atoms with Crippen LogP contribution in [-0.4, -0.2) is 5.71 Å². The molecular formula is C22H19N. The van der Waals surface area contributed by atoms with Gasteiger partial charge in [-0.05, 0) is 36.3 Å². The van der Waals surface area contributed by atoms with Crippen molar-refractivity contribution in [3.63, 3.8) is 0 Å². The first-order valence-corrected chi connectivity index (χ1v) is 7.76. The molecule has 112 valence electrons. The van der Waals surface area contributed by atoms with Gasteiger partial charge < -0.3 is 0 Å². The Bertz CT molecular complexity index is 800. The normalized spacial score (nSPS) is 12.2. The Balaban J connectivity index is 2.04. The van der Waals surface area contributed by atoms with Gasteiger partial charge in [-0.1, -0.05) is 78.9 Å². The van der Waals surface area contributed by atoms with Gasteiger partial charge in [0.2, 0.25) is 0 Å². The Morgan fingerprint density at radius 3 is 1.70 bits per heavy atom. The predicted octanol–water partition coefficient (Wildman–Crippen LogP) is 5.91. The summed E-state index contributed by atoms with van der Waals surface area (Å²) in [6, 6.07) is 30.8. The number of hydrogen-bond acceptors (Lipinski definition) is 1. The van der Waals surface area contributed by atoms with E-state index in [0.29, 0.717) is 0 Å². The van der Waals surface area contributed by atoms with E-state index in [1.54, 1.807) is 0 Å². The van der Waals surface area contributed by atoms with Crippen molar-refractivity contribution in [2.45, 2.75) is 6.92 Å². The summed E-state index contributed by atoms with van der Waals surface area (Å²) in [6.07, 6.45) is 2.15. The molecule has 0 heterocycles. The van der Waals surface area contributed by atoms with Crippen LogP contribution in [0.15, 0.2) is 102 Å². The average Bonchev–Trinajstić information content (AvgIpc) is 2.63. The van der Waals surface area contributed by atoms with Crippen LogP contribution in [0.5, 0.6) is 0 Å². The van der Waals surface area contributed by atoms with Gasteiger partial charge in [-0.25, -0.2) is 4.99 Å². The van der Waals surface area contributed by atoms with Gasteiger partial charge in [-0.15, -0.1) is 0 Å². The van der Waals surface area contributed by atoms with Gasteiger partial charge >= 0.3 is 0 Å². The van der Waals surface area contributed by atoms with E-state index in [-0.39, 0.29) is 0 Å². The quantitative estimate of drug-likeness (QED) is 0.531. The number of rotatable bonds is 4. The highest BCUT2D eigenvalue weighted by Gasteiger charge is 2.03. The van der Waals surface area contributed by atoms with Gasteiger partial charge in [0.15, 0.2) is 0 Å². The number of hydrogen-bond donors (Lipinski definition) is 0. The highest BCUT2D eigenvalue weighted by Crippen LogP contribution is 2.18. The average molecular weight is 297 g/mol. The van der Waals surface area contributed by atoms with Crippen molar-refractivity contribution in [1.82, 2.24) is 0 Å². The van der Waals surface area contributed by atoms with E-state index in [4.69, 9.17) is 4.99 Å². The van der Waals surface area contributed by atoms with Crippen LogP contribution >= 0.6 is 0 Å². The Morgan fingerprint density at radius 1 is 0.652 bits per heavy atom. The molecule has 0 saturated heterocycles. The summed E-state index contributed by atoms with van der Waals surface area (Å²) in [5.41, 5.74) is 5.46. The minimum atomic E-state index is 0.962. The van der Waals surface area contributed by atoms with E-state index >= 15 is 0 Å². The molecule has 3 aromatic carbocycles. The molecule has 1 nitrogen and oxygen atoms in total. The van der Waals surface area contributed by atoms with E-state index in [1.165, 1.54) is 11.1 Å². The van der Waals surface area contributed by atoms with Gasteiger partial charge in [0.25, 0.3) is 0 Å². The SMILES string of the molecule is C/C(=C/C(=Nc1ccccc1)c1ccccc1)c1ccccc1. The fourth-order valence-corrected chi connectivity index (χ4v) is 2.42. The van der Waals surface area contributed by atoms with E-state index in [0.717, 1.165) is 17.0 Å². The maximum absolute atomic E-state index is 4.83. The molecule has 0 spiro atoms. The van der Waals surface area contributed by atoms with Crippen LogP contribution in [0.3, 0.4) is 0 Å². The molecule has 0 radical (unpaired) electrons. The van der Waals surface area contributed by atoms with Crippen LogP contribution in [0.4, 0.5) is 5.69 Å². The molecule has 3 rings (SSSR count). The zero-order valence-electron chi connectivity index (χ0n) is 13.2. The molecule has 0 aliphatic rings. The molecular weight excluding hydrogens is 278 g/mol. The van der Waals surface area contributed by atoms with Crippen molar-refractivity contribution in [3.8, 4) is 0 Å². The Labute approximate surface area is 137 Å². The maximum atomic E-state index is 4.83. The molecule has 0 saturated carbocycles. The molecule has 0 aliphatic heterocycles. The summed E-state index contributed by atoms with van der Waals surface area (Å²) in [4.78, 5) is 4.83. The largest absolute Gasteiger partial charge is 0.248 e. The first kappa shape index (κ1) is 15.0. The van der Waals surface area contributed by atoms with Crippen LogP contribution < -0.4 is 0 Å². The number of para-hydroxylation sites is 1. The summed E-state index contributed by atoms with van der Waals surface area (Å²) in [6.45, 7) is 2.12. The number of allylic oxidation sites excluding steroid dienone is 2. The monoisotopic (exact) mass is 297 g/mol. The fraction of sp³-hybridized carbons (Fsp3) is 0.0455. The lowest BCUT2D eigenvalue weighted by Crippen LogP contribution is -1.97. The first-order valence-electron chi connectivity index (χ1n) is 7.76. The number of nitrogens with zero attached hydrogens (tertiary/aromatic N) is 1. The topological polar surface area (TPSA) is 12.4 Å². The summed E-state index contributed by atoms with van der Waals surface area (Å²) in [7, 11) is 0. The molecule has 23 heavy (non-hydrogen) atoms. The van der Waals surface area contributed by atoms with Crippen LogP contribution in [0.1, 0.15) is 18.1 Å². The van der Waals surface area contributed by atoms with Gasteiger partial charge in [0, 0.05) is 5.56 Å². The Morgan fingerprint density at radius 2 is 1.13 bits per heavy atom. The smallest absolute Gasteiger partial charge is 0.0712 e. The van der Waals surface area contributed by atoms with Gasteiger partial charge in [-0.2, -0.15) is 0 Å². The Hall–Kier alpha value is -2.93. The zero-order valence-corrected chi connectivity index (χ0v) is 13.2. The predicted molar refractivity (Wildman–Crippen MR) is 99.2 cm³/mol. The maximum Gasteiger partial charge on any atom is 0.0712 e. The first-order chi connectivity index (χ1) is 11.3. The lowest BCUT2D eigenvalue weighted by Gasteiger charge is -2.06. The van der Waals surface area contributed by atoms with Crippen molar-refractivity contribution in [3.05, 3.63) is 108 Å². The lowest BCUT2D eigenvalue weighted by atomic mass is 10.0. The summed E-state index contributed by atoms with van der Waals surface area (Å²) in [5.74, 6) is 0. The van der Waals surface area contributed by atoms with E-state index in [1.807, 2.05) is 54.6 Å².